The number of aromatic nitrogens is 7. The van der Waals surface area contributed by atoms with Crippen molar-refractivity contribution in [1.29, 1.82) is 0 Å². The molecule has 5 aromatic heterocycles. The molecular formula is C28H23FN8O. The summed E-state index contributed by atoms with van der Waals surface area (Å²) >= 11 is 0. The number of nitrogens with one attached hydrogen (secondary N) is 3. The predicted molar refractivity (Wildman–Crippen MR) is 143 cm³/mol. The number of halogens is 1. The molecule has 0 aliphatic rings. The average Bonchev–Trinajstić information content (AvgIpc) is 3.52. The molecule has 0 aliphatic carbocycles. The van der Waals surface area contributed by atoms with Gasteiger partial charge in [0, 0.05) is 41.7 Å². The van der Waals surface area contributed by atoms with Crippen molar-refractivity contribution in [2.75, 3.05) is 5.32 Å². The van der Waals surface area contributed by atoms with Crippen molar-refractivity contribution < 1.29 is 9.18 Å². The van der Waals surface area contributed by atoms with Gasteiger partial charge in [-0.05, 0) is 36.2 Å². The van der Waals surface area contributed by atoms with E-state index in [2.05, 4.69) is 35.5 Å². The van der Waals surface area contributed by atoms with E-state index in [9.17, 15) is 9.18 Å². The highest BCUT2D eigenvalue weighted by Crippen LogP contribution is 2.32. The van der Waals surface area contributed by atoms with Crippen LogP contribution >= 0.6 is 0 Å². The number of benzene rings is 1. The van der Waals surface area contributed by atoms with E-state index in [-0.39, 0.29) is 17.6 Å². The lowest BCUT2D eigenvalue weighted by Gasteiger charge is -2.08. The van der Waals surface area contributed by atoms with Crippen molar-refractivity contribution in [2.24, 2.45) is 5.92 Å². The van der Waals surface area contributed by atoms with Gasteiger partial charge in [-0.3, -0.25) is 19.9 Å². The molecule has 0 spiro atoms. The molecule has 0 atom stereocenters. The summed E-state index contributed by atoms with van der Waals surface area (Å²) in [6, 6.07) is 11.9. The maximum absolute atomic E-state index is 13.9. The van der Waals surface area contributed by atoms with Gasteiger partial charge in [-0.1, -0.05) is 26.0 Å². The number of anilines is 1. The van der Waals surface area contributed by atoms with Crippen molar-refractivity contribution in [3.63, 3.8) is 0 Å². The molecule has 6 rings (SSSR count). The number of H-pyrrole nitrogens is 2. The second-order valence-corrected chi connectivity index (χ2v) is 9.45. The Balaban J connectivity index is 1.38. The van der Waals surface area contributed by atoms with Gasteiger partial charge in [0.05, 0.1) is 28.5 Å². The van der Waals surface area contributed by atoms with Crippen LogP contribution < -0.4 is 5.32 Å². The Labute approximate surface area is 216 Å². The standard InChI is InChI=1S/C28H23FN8O/c1-15(2)8-23(38)33-20-10-17(12-30-14-20)18-11-21-25(36-37-27(21)32-13-18)28-34-22-6-7-31-24(26(22)35-28)16-4-3-5-19(29)9-16/h3-7,9-15H,8H2,1-2H3,(H,33,38)(H,34,35)(H,32,36,37). The molecule has 6 aromatic rings. The number of hydrogen-bond donors (Lipinski definition) is 3. The molecule has 1 aromatic carbocycles. The summed E-state index contributed by atoms with van der Waals surface area (Å²) in [7, 11) is 0. The first-order valence-corrected chi connectivity index (χ1v) is 12.1. The second kappa shape index (κ2) is 9.47. The van der Waals surface area contributed by atoms with Crippen LogP contribution in [0, 0.1) is 11.7 Å². The van der Waals surface area contributed by atoms with E-state index in [1.165, 1.54) is 12.1 Å². The Bertz CT molecular complexity index is 1810. The van der Waals surface area contributed by atoms with Crippen molar-refractivity contribution in [3.8, 4) is 33.9 Å². The van der Waals surface area contributed by atoms with Crippen LogP contribution in [0.15, 0.2) is 67.3 Å². The minimum absolute atomic E-state index is 0.0540. The van der Waals surface area contributed by atoms with Gasteiger partial charge in [0.2, 0.25) is 5.91 Å². The van der Waals surface area contributed by atoms with Crippen LogP contribution in [0.2, 0.25) is 0 Å². The Morgan fingerprint density at radius 3 is 2.74 bits per heavy atom. The zero-order valence-corrected chi connectivity index (χ0v) is 20.7. The lowest BCUT2D eigenvalue weighted by atomic mass is 10.1. The minimum atomic E-state index is -0.340. The van der Waals surface area contributed by atoms with Gasteiger partial charge in [0.15, 0.2) is 11.5 Å². The summed E-state index contributed by atoms with van der Waals surface area (Å²) in [6.45, 7) is 4.00. The molecule has 10 heteroatoms. The van der Waals surface area contributed by atoms with Crippen LogP contribution in [-0.2, 0) is 4.79 Å². The highest BCUT2D eigenvalue weighted by Gasteiger charge is 2.17. The van der Waals surface area contributed by atoms with E-state index in [1.54, 1.807) is 36.9 Å². The molecule has 0 bridgehead atoms. The van der Waals surface area contributed by atoms with Gasteiger partial charge < -0.3 is 10.3 Å². The molecule has 0 aliphatic heterocycles. The maximum atomic E-state index is 13.9. The van der Waals surface area contributed by atoms with E-state index in [0.29, 0.717) is 46.0 Å². The zero-order valence-electron chi connectivity index (χ0n) is 20.7. The Morgan fingerprint density at radius 1 is 1.03 bits per heavy atom. The van der Waals surface area contributed by atoms with Crippen LogP contribution in [0.3, 0.4) is 0 Å². The summed E-state index contributed by atoms with van der Waals surface area (Å²) in [5.74, 6) is 0.422. The summed E-state index contributed by atoms with van der Waals surface area (Å²) in [4.78, 5) is 33.6. The largest absolute Gasteiger partial charge is 0.337 e. The number of aromatic amines is 2. The molecule has 0 saturated carbocycles. The number of amides is 1. The van der Waals surface area contributed by atoms with Gasteiger partial charge >= 0.3 is 0 Å². The van der Waals surface area contributed by atoms with Crippen molar-refractivity contribution in [1.82, 2.24) is 35.1 Å². The fraction of sp³-hybridized carbons (Fsp3) is 0.143. The molecule has 0 saturated heterocycles. The SMILES string of the molecule is CC(C)CC(=O)Nc1cncc(-c2cnc3n[nH]c(-c4nc5c(-c6cccc(F)c6)nccc5[nH]4)c3c2)c1. The summed E-state index contributed by atoms with van der Waals surface area (Å²) in [6.07, 6.45) is 7.15. The van der Waals surface area contributed by atoms with E-state index >= 15 is 0 Å². The molecule has 0 fully saturated rings. The van der Waals surface area contributed by atoms with E-state index in [4.69, 9.17) is 4.98 Å². The molecule has 3 N–H and O–H groups in total. The number of carbonyl (C=O) groups is 1. The van der Waals surface area contributed by atoms with Gasteiger partial charge in [-0.25, -0.2) is 14.4 Å². The topological polar surface area (TPSA) is 125 Å². The van der Waals surface area contributed by atoms with Crippen molar-refractivity contribution in [3.05, 3.63) is 73.1 Å². The van der Waals surface area contributed by atoms with Crippen LogP contribution in [0.5, 0.6) is 0 Å². The number of rotatable bonds is 6. The molecule has 9 nitrogen and oxygen atoms in total. The predicted octanol–water partition coefficient (Wildman–Crippen LogP) is 5.75. The third kappa shape index (κ3) is 4.47. The monoisotopic (exact) mass is 506 g/mol. The number of hydrogen-bond acceptors (Lipinski definition) is 6. The highest BCUT2D eigenvalue weighted by molar-refractivity contribution is 5.96. The van der Waals surface area contributed by atoms with E-state index < -0.39 is 0 Å². The van der Waals surface area contributed by atoms with E-state index in [1.807, 2.05) is 32.0 Å². The fourth-order valence-electron chi connectivity index (χ4n) is 4.39. The zero-order chi connectivity index (χ0) is 26.2. The van der Waals surface area contributed by atoms with Gasteiger partial charge in [0.1, 0.15) is 17.0 Å². The number of carbonyl (C=O) groups excluding carboxylic acids is 1. The third-order valence-corrected chi connectivity index (χ3v) is 6.09. The number of pyridine rings is 3. The first-order valence-electron chi connectivity index (χ1n) is 12.1. The second-order valence-electron chi connectivity index (χ2n) is 9.45. The lowest BCUT2D eigenvalue weighted by molar-refractivity contribution is -0.116. The number of nitrogens with zero attached hydrogens (tertiary/aromatic N) is 5. The van der Waals surface area contributed by atoms with Crippen LogP contribution in [0.25, 0.3) is 56.0 Å². The van der Waals surface area contributed by atoms with Crippen LogP contribution in [0.4, 0.5) is 10.1 Å². The normalized spacial score (nSPS) is 11.5. The average molecular weight is 507 g/mol. The molecule has 1 amide bonds. The third-order valence-electron chi connectivity index (χ3n) is 6.09. The molecule has 188 valence electrons. The molecule has 0 radical (unpaired) electrons. The summed E-state index contributed by atoms with van der Waals surface area (Å²) < 4.78 is 13.9. The first-order chi connectivity index (χ1) is 18.4. The Hall–Kier alpha value is -4.99. The molecule has 5 heterocycles. The number of imidazole rings is 1. The van der Waals surface area contributed by atoms with Gasteiger partial charge in [-0.15, -0.1) is 0 Å². The van der Waals surface area contributed by atoms with Gasteiger partial charge in [0.25, 0.3) is 0 Å². The van der Waals surface area contributed by atoms with Crippen molar-refractivity contribution in [2.45, 2.75) is 20.3 Å². The quantitative estimate of drug-likeness (QED) is 0.264. The maximum Gasteiger partial charge on any atom is 0.224 e. The molecule has 38 heavy (non-hydrogen) atoms. The van der Waals surface area contributed by atoms with E-state index in [0.717, 1.165) is 22.0 Å². The molecule has 0 unspecified atom stereocenters. The molecular weight excluding hydrogens is 483 g/mol. The van der Waals surface area contributed by atoms with Gasteiger partial charge in [-0.2, -0.15) is 5.10 Å². The van der Waals surface area contributed by atoms with Crippen molar-refractivity contribution >= 4 is 33.7 Å². The summed E-state index contributed by atoms with van der Waals surface area (Å²) in [5, 5.41) is 11.0. The Morgan fingerprint density at radius 2 is 1.89 bits per heavy atom. The van der Waals surface area contributed by atoms with Crippen LogP contribution in [-0.4, -0.2) is 41.0 Å². The minimum Gasteiger partial charge on any atom is -0.337 e. The summed E-state index contributed by atoms with van der Waals surface area (Å²) in [5.41, 5.74) is 6.02. The fourth-order valence-corrected chi connectivity index (χ4v) is 4.39. The Kier molecular flexibility index (Phi) is 5.83. The lowest BCUT2D eigenvalue weighted by Crippen LogP contribution is -2.13. The first kappa shape index (κ1) is 23.4. The highest BCUT2D eigenvalue weighted by atomic mass is 19.1. The smallest absolute Gasteiger partial charge is 0.224 e. The number of fused-ring (bicyclic) bond motifs is 2. The van der Waals surface area contributed by atoms with Crippen LogP contribution in [0.1, 0.15) is 20.3 Å².